The van der Waals surface area contributed by atoms with Crippen LogP contribution in [0.15, 0.2) is 48.5 Å². The second-order valence-corrected chi connectivity index (χ2v) is 10.4. The van der Waals surface area contributed by atoms with Gasteiger partial charge in [0.05, 0.1) is 19.2 Å². The van der Waals surface area contributed by atoms with E-state index in [4.69, 9.17) is 9.47 Å². The SMILES string of the molecule is COC(=O)Cc1c(C)c(N2CCNCC2)c(C)c(N(C)C(=O)OCC2c3ccccc3-c3ccccc32)c1C. The molecule has 0 bridgehead atoms. The van der Waals surface area contributed by atoms with Gasteiger partial charge in [-0.15, -0.1) is 0 Å². The van der Waals surface area contributed by atoms with Crippen molar-refractivity contribution in [2.45, 2.75) is 33.1 Å². The third-order valence-electron chi connectivity index (χ3n) is 8.25. The molecule has 0 radical (unpaired) electrons. The molecule has 0 spiro atoms. The van der Waals surface area contributed by atoms with Crippen LogP contribution in [0.3, 0.4) is 0 Å². The number of nitrogens with zero attached hydrogens (tertiary/aromatic N) is 2. The Balaban J connectivity index is 1.46. The topological polar surface area (TPSA) is 71.1 Å². The standard InChI is InChI=1S/C32H37N3O4/c1-20-27(18-29(36)38-5)21(2)31(35-16-14-33-15-17-35)22(3)30(20)34(4)32(37)39-19-28-25-12-8-6-10-23(25)24-11-7-9-13-26(24)28/h6-13,28,33H,14-19H2,1-5H3. The summed E-state index contributed by atoms with van der Waals surface area (Å²) in [5, 5.41) is 3.40. The van der Waals surface area contributed by atoms with Crippen LogP contribution in [0.5, 0.6) is 0 Å². The molecule has 0 aromatic heterocycles. The number of carbonyl (C=O) groups is 2. The number of hydrogen-bond donors (Lipinski definition) is 1. The fourth-order valence-electron chi connectivity index (χ4n) is 6.37. The normalized spacial score (nSPS) is 14.5. The second-order valence-electron chi connectivity index (χ2n) is 10.4. The van der Waals surface area contributed by atoms with E-state index in [1.165, 1.54) is 29.4 Å². The summed E-state index contributed by atoms with van der Waals surface area (Å²) >= 11 is 0. The molecule has 5 rings (SSSR count). The zero-order valence-corrected chi connectivity index (χ0v) is 23.5. The number of esters is 1. The predicted molar refractivity (Wildman–Crippen MR) is 155 cm³/mol. The highest BCUT2D eigenvalue weighted by atomic mass is 16.6. The third kappa shape index (κ3) is 4.87. The lowest BCUT2D eigenvalue weighted by Gasteiger charge is -2.35. The molecule has 2 aliphatic rings. The minimum atomic E-state index is -0.415. The fourth-order valence-corrected chi connectivity index (χ4v) is 6.37. The highest BCUT2D eigenvalue weighted by molar-refractivity contribution is 5.93. The number of carbonyl (C=O) groups excluding carboxylic acids is 2. The molecular weight excluding hydrogens is 490 g/mol. The van der Waals surface area contributed by atoms with E-state index in [1.807, 2.05) is 31.2 Å². The van der Waals surface area contributed by atoms with Gasteiger partial charge in [-0.25, -0.2) is 4.79 Å². The number of hydrogen-bond acceptors (Lipinski definition) is 6. The van der Waals surface area contributed by atoms with Crippen molar-refractivity contribution in [3.63, 3.8) is 0 Å². The van der Waals surface area contributed by atoms with Gasteiger partial charge in [0.2, 0.25) is 0 Å². The first-order chi connectivity index (χ1) is 18.8. The average Bonchev–Trinajstić information content (AvgIpc) is 3.28. The lowest BCUT2D eigenvalue weighted by Crippen LogP contribution is -2.44. The van der Waals surface area contributed by atoms with Gasteiger partial charge in [0.1, 0.15) is 6.61 Å². The first-order valence-corrected chi connectivity index (χ1v) is 13.6. The van der Waals surface area contributed by atoms with Gasteiger partial charge in [0.15, 0.2) is 0 Å². The molecule has 3 aromatic rings. The number of benzene rings is 3. The van der Waals surface area contributed by atoms with Crippen LogP contribution in [0.4, 0.5) is 16.2 Å². The van der Waals surface area contributed by atoms with Gasteiger partial charge in [-0.3, -0.25) is 9.69 Å². The Bertz CT molecular complexity index is 1370. The fraction of sp³-hybridized carbons (Fsp3) is 0.375. The summed E-state index contributed by atoms with van der Waals surface area (Å²) in [6.45, 7) is 9.83. The maximum absolute atomic E-state index is 13.6. The molecule has 1 aliphatic carbocycles. The summed E-state index contributed by atoms with van der Waals surface area (Å²) in [6.07, 6.45) is -0.263. The van der Waals surface area contributed by atoms with Crippen LogP contribution in [-0.2, 0) is 20.7 Å². The van der Waals surface area contributed by atoms with Crippen molar-refractivity contribution in [3.8, 4) is 11.1 Å². The van der Waals surface area contributed by atoms with E-state index in [2.05, 4.69) is 48.3 Å². The molecule has 204 valence electrons. The molecule has 1 fully saturated rings. The zero-order chi connectivity index (χ0) is 27.7. The molecule has 0 unspecified atom stereocenters. The lowest BCUT2D eigenvalue weighted by molar-refractivity contribution is -0.139. The van der Waals surface area contributed by atoms with Crippen LogP contribution in [0.2, 0.25) is 0 Å². The van der Waals surface area contributed by atoms with E-state index in [0.29, 0.717) is 0 Å². The van der Waals surface area contributed by atoms with E-state index < -0.39 is 6.09 Å². The van der Waals surface area contributed by atoms with Crippen LogP contribution in [0, 0.1) is 20.8 Å². The number of piperazine rings is 1. The number of ether oxygens (including phenoxy) is 2. The number of rotatable bonds is 6. The largest absolute Gasteiger partial charge is 0.469 e. The maximum atomic E-state index is 13.6. The predicted octanol–water partition coefficient (Wildman–Crippen LogP) is 5.12. The molecule has 7 nitrogen and oxygen atoms in total. The first-order valence-electron chi connectivity index (χ1n) is 13.6. The minimum Gasteiger partial charge on any atom is -0.469 e. The van der Waals surface area contributed by atoms with Crippen molar-refractivity contribution in [1.29, 1.82) is 0 Å². The zero-order valence-electron chi connectivity index (χ0n) is 23.5. The van der Waals surface area contributed by atoms with Crippen molar-refractivity contribution in [3.05, 3.63) is 81.9 Å². The van der Waals surface area contributed by atoms with Crippen LogP contribution in [-0.4, -0.2) is 59.0 Å². The van der Waals surface area contributed by atoms with Crippen molar-refractivity contribution < 1.29 is 19.1 Å². The molecule has 3 aromatic carbocycles. The van der Waals surface area contributed by atoms with Crippen molar-refractivity contribution in [2.24, 2.45) is 0 Å². The molecule has 0 saturated carbocycles. The Morgan fingerprint density at radius 3 is 2.10 bits per heavy atom. The van der Waals surface area contributed by atoms with Crippen molar-refractivity contribution >= 4 is 23.4 Å². The highest BCUT2D eigenvalue weighted by Crippen LogP contribution is 2.45. The first kappa shape index (κ1) is 26.8. The monoisotopic (exact) mass is 527 g/mol. The third-order valence-corrected chi connectivity index (χ3v) is 8.25. The number of fused-ring (bicyclic) bond motifs is 3. The van der Waals surface area contributed by atoms with Crippen LogP contribution < -0.4 is 15.1 Å². The smallest absolute Gasteiger partial charge is 0.414 e. The average molecular weight is 528 g/mol. The van der Waals surface area contributed by atoms with Gasteiger partial charge in [0, 0.05) is 44.8 Å². The molecule has 1 heterocycles. The van der Waals surface area contributed by atoms with Crippen molar-refractivity contribution in [1.82, 2.24) is 5.32 Å². The Morgan fingerprint density at radius 2 is 1.51 bits per heavy atom. The molecule has 0 atom stereocenters. The number of amides is 1. The molecular formula is C32H37N3O4. The Labute approximate surface area is 230 Å². The van der Waals surface area contributed by atoms with Gasteiger partial charge in [-0.2, -0.15) is 0 Å². The van der Waals surface area contributed by atoms with Crippen LogP contribution in [0.1, 0.15) is 39.3 Å². The quantitative estimate of drug-likeness (QED) is 0.449. The summed E-state index contributed by atoms with van der Waals surface area (Å²) in [6, 6.07) is 16.6. The summed E-state index contributed by atoms with van der Waals surface area (Å²) in [7, 11) is 3.16. The highest BCUT2D eigenvalue weighted by Gasteiger charge is 2.31. The van der Waals surface area contributed by atoms with Crippen LogP contribution in [0.25, 0.3) is 11.1 Å². The maximum Gasteiger partial charge on any atom is 0.414 e. The molecule has 1 saturated heterocycles. The molecule has 1 N–H and O–H groups in total. The molecule has 39 heavy (non-hydrogen) atoms. The summed E-state index contributed by atoms with van der Waals surface area (Å²) in [5.74, 6) is -0.313. The van der Waals surface area contributed by atoms with E-state index in [1.54, 1.807) is 11.9 Å². The van der Waals surface area contributed by atoms with Gasteiger partial charge in [-0.05, 0) is 65.3 Å². The van der Waals surface area contributed by atoms with E-state index in [0.717, 1.165) is 59.8 Å². The van der Waals surface area contributed by atoms with E-state index >= 15 is 0 Å². The minimum absolute atomic E-state index is 0.0127. The Hall–Kier alpha value is -3.84. The van der Waals surface area contributed by atoms with Gasteiger partial charge in [0.25, 0.3) is 0 Å². The van der Waals surface area contributed by atoms with E-state index in [9.17, 15) is 9.59 Å². The van der Waals surface area contributed by atoms with Gasteiger partial charge >= 0.3 is 12.1 Å². The van der Waals surface area contributed by atoms with Crippen molar-refractivity contribution in [2.75, 3.05) is 56.7 Å². The Kier molecular flexibility index (Phi) is 7.62. The van der Waals surface area contributed by atoms with Gasteiger partial charge in [-0.1, -0.05) is 48.5 Å². The van der Waals surface area contributed by atoms with Gasteiger partial charge < -0.3 is 19.7 Å². The molecule has 7 heteroatoms. The second kappa shape index (κ2) is 11.1. The molecule has 1 amide bonds. The summed E-state index contributed by atoms with van der Waals surface area (Å²) < 4.78 is 11.0. The van der Waals surface area contributed by atoms with Crippen LogP contribution >= 0.6 is 0 Å². The Morgan fingerprint density at radius 1 is 0.923 bits per heavy atom. The summed E-state index contributed by atoms with van der Waals surface area (Å²) in [5.41, 5.74) is 10.5. The molecule has 1 aliphatic heterocycles. The number of nitrogens with one attached hydrogen (secondary N) is 1. The summed E-state index contributed by atoms with van der Waals surface area (Å²) in [4.78, 5) is 29.9. The number of methoxy groups -OCH3 is 1. The van der Waals surface area contributed by atoms with E-state index in [-0.39, 0.29) is 24.9 Å². The lowest BCUT2D eigenvalue weighted by atomic mass is 9.91. The number of anilines is 2.